The molecule has 0 N–H and O–H groups in total. The minimum Gasteiger partial charge on any atom is -0.294 e. The van der Waals surface area contributed by atoms with E-state index in [4.69, 9.17) is 5.26 Å². The number of nitro benzene ring substituents is 1. The number of ketones is 1. The first-order valence-electron chi connectivity index (χ1n) is 5.98. The lowest BCUT2D eigenvalue weighted by atomic mass is 10.1. The van der Waals surface area contributed by atoms with Crippen molar-refractivity contribution in [1.82, 2.24) is 0 Å². The first kappa shape index (κ1) is 14.8. The van der Waals surface area contributed by atoms with Crippen LogP contribution in [0.15, 0.2) is 52.3 Å². The van der Waals surface area contributed by atoms with E-state index < -0.39 is 4.92 Å². The van der Waals surface area contributed by atoms with Crippen LogP contribution in [0.2, 0.25) is 0 Å². The highest BCUT2D eigenvalue weighted by Crippen LogP contribution is 2.32. The van der Waals surface area contributed by atoms with E-state index in [2.05, 4.69) is 0 Å². The van der Waals surface area contributed by atoms with Crippen molar-refractivity contribution in [3.63, 3.8) is 0 Å². The van der Waals surface area contributed by atoms with E-state index in [1.54, 1.807) is 30.3 Å². The van der Waals surface area contributed by atoms with Gasteiger partial charge in [-0.3, -0.25) is 14.9 Å². The van der Waals surface area contributed by atoms with Gasteiger partial charge in [-0.2, -0.15) is 5.26 Å². The molecular formula is C15H10N2O3S. The molecule has 0 heterocycles. The number of benzene rings is 2. The van der Waals surface area contributed by atoms with Gasteiger partial charge in [0.1, 0.15) is 0 Å². The lowest BCUT2D eigenvalue weighted by Gasteiger charge is -2.07. The molecule has 5 nitrogen and oxygen atoms in total. The Bertz CT molecular complexity index is 749. The van der Waals surface area contributed by atoms with Gasteiger partial charge in [-0.25, -0.2) is 0 Å². The second-order valence-corrected chi connectivity index (χ2v) is 5.35. The maximum absolute atomic E-state index is 11.6. The summed E-state index contributed by atoms with van der Waals surface area (Å²) in [5.74, 6) is -0.0936. The lowest BCUT2D eigenvalue weighted by molar-refractivity contribution is -0.384. The Morgan fingerprint density at radius 1 is 1.24 bits per heavy atom. The summed E-state index contributed by atoms with van der Waals surface area (Å²) in [5.41, 5.74) is 0.999. The Hall–Kier alpha value is -2.65. The third-order valence-electron chi connectivity index (χ3n) is 2.77. The normalized spacial score (nSPS) is 9.90. The van der Waals surface area contributed by atoms with Crippen LogP contribution in [-0.2, 0) is 0 Å². The van der Waals surface area contributed by atoms with Crippen LogP contribution in [0.5, 0.6) is 0 Å². The molecular weight excluding hydrogens is 288 g/mol. The summed E-state index contributed by atoms with van der Waals surface area (Å²) in [6, 6.07) is 12.9. The molecule has 0 radical (unpaired) electrons. The van der Waals surface area contributed by atoms with Crippen molar-refractivity contribution in [1.29, 1.82) is 5.26 Å². The summed E-state index contributed by atoms with van der Waals surface area (Å²) < 4.78 is 0. The monoisotopic (exact) mass is 298 g/mol. The highest BCUT2D eigenvalue weighted by molar-refractivity contribution is 7.99. The maximum atomic E-state index is 11.6. The van der Waals surface area contributed by atoms with Crippen LogP contribution in [0, 0.1) is 21.4 Å². The Kier molecular flexibility index (Phi) is 4.36. The van der Waals surface area contributed by atoms with E-state index in [0.717, 1.165) is 4.90 Å². The molecule has 0 spiro atoms. The number of nitrogens with zero attached hydrogens (tertiary/aromatic N) is 2. The summed E-state index contributed by atoms with van der Waals surface area (Å²) in [7, 11) is 0. The molecule has 0 unspecified atom stereocenters. The zero-order valence-electron chi connectivity index (χ0n) is 11.1. The number of carbonyl (C=O) groups is 1. The van der Waals surface area contributed by atoms with Gasteiger partial charge >= 0.3 is 0 Å². The van der Waals surface area contributed by atoms with E-state index in [1.165, 1.54) is 30.8 Å². The standard InChI is InChI=1S/C15H10N2O3S/c1-10(18)14-7-2-11(9-16)8-15(14)21-13-5-3-12(4-6-13)17(19)20/h2-8H,1H3. The van der Waals surface area contributed by atoms with Crippen molar-refractivity contribution < 1.29 is 9.72 Å². The summed E-state index contributed by atoms with van der Waals surface area (Å²) in [6.45, 7) is 1.46. The van der Waals surface area contributed by atoms with Crippen LogP contribution in [0.3, 0.4) is 0 Å². The molecule has 0 aliphatic carbocycles. The number of Topliss-reactive ketones (excluding diaryl/α,β-unsaturated/α-hetero) is 1. The number of hydrogen-bond acceptors (Lipinski definition) is 5. The minimum atomic E-state index is -0.467. The van der Waals surface area contributed by atoms with Crippen molar-refractivity contribution in [2.24, 2.45) is 0 Å². The smallest absolute Gasteiger partial charge is 0.269 e. The third kappa shape index (κ3) is 3.46. The molecule has 104 valence electrons. The quantitative estimate of drug-likeness (QED) is 0.486. The van der Waals surface area contributed by atoms with Gasteiger partial charge in [-0.1, -0.05) is 11.8 Å². The van der Waals surface area contributed by atoms with Gasteiger partial charge in [-0.15, -0.1) is 0 Å². The fourth-order valence-corrected chi connectivity index (χ4v) is 2.76. The molecule has 0 bridgehead atoms. The summed E-state index contributed by atoms with van der Waals surface area (Å²) in [5, 5.41) is 19.6. The van der Waals surface area contributed by atoms with Gasteiger partial charge < -0.3 is 0 Å². The van der Waals surface area contributed by atoms with Crippen LogP contribution < -0.4 is 0 Å². The highest BCUT2D eigenvalue weighted by Gasteiger charge is 2.11. The predicted molar refractivity (Wildman–Crippen MR) is 78.4 cm³/mol. The first-order chi connectivity index (χ1) is 10.0. The molecule has 0 fully saturated rings. The molecule has 0 amide bonds. The molecule has 6 heteroatoms. The fourth-order valence-electron chi connectivity index (χ4n) is 1.73. The number of non-ortho nitro benzene ring substituents is 1. The van der Waals surface area contributed by atoms with E-state index in [9.17, 15) is 14.9 Å². The Morgan fingerprint density at radius 2 is 1.90 bits per heavy atom. The van der Waals surface area contributed by atoms with Crippen molar-refractivity contribution in [3.05, 3.63) is 63.7 Å². The fraction of sp³-hybridized carbons (Fsp3) is 0.0667. The topological polar surface area (TPSA) is 84.0 Å². The predicted octanol–water partition coefficient (Wildman–Crippen LogP) is 3.82. The van der Waals surface area contributed by atoms with Gasteiger partial charge in [0.15, 0.2) is 5.78 Å². The van der Waals surface area contributed by atoms with Crippen LogP contribution in [0.25, 0.3) is 0 Å². The summed E-state index contributed by atoms with van der Waals surface area (Å²) in [4.78, 5) is 23.2. The summed E-state index contributed by atoms with van der Waals surface area (Å²) >= 11 is 1.30. The highest BCUT2D eigenvalue weighted by atomic mass is 32.2. The average molecular weight is 298 g/mol. The van der Waals surface area contributed by atoms with Crippen molar-refractivity contribution in [3.8, 4) is 6.07 Å². The van der Waals surface area contributed by atoms with Gasteiger partial charge in [0.2, 0.25) is 0 Å². The van der Waals surface area contributed by atoms with Crippen molar-refractivity contribution in [2.75, 3.05) is 0 Å². The zero-order chi connectivity index (χ0) is 15.4. The maximum Gasteiger partial charge on any atom is 0.269 e. The molecule has 0 aromatic heterocycles. The van der Waals surface area contributed by atoms with Crippen molar-refractivity contribution >= 4 is 23.2 Å². The average Bonchev–Trinajstić information content (AvgIpc) is 2.47. The lowest BCUT2D eigenvalue weighted by Crippen LogP contribution is -1.95. The van der Waals surface area contributed by atoms with E-state index in [0.29, 0.717) is 16.0 Å². The van der Waals surface area contributed by atoms with Crippen LogP contribution in [-0.4, -0.2) is 10.7 Å². The SMILES string of the molecule is CC(=O)c1ccc(C#N)cc1Sc1ccc([N+](=O)[O-])cc1. The molecule has 2 aromatic rings. The van der Waals surface area contributed by atoms with Crippen LogP contribution in [0.1, 0.15) is 22.8 Å². The van der Waals surface area contributed by atoms with Gasteiger partial charge in [0, 0.05) is 27.5 Å². The van der Waals surface area contributed by atoms with Crippen LogP contribution in [0.4, 0.5) is 5.69 Å². The van der Waals surface area contributed by atoms with E-state index in [-0.39, 0.29) is 11.5 Å². The molecule has 0 atom stereocenters. The van der Waals surface area contributed by atoms with Crippen LogP contribution >= 0.6 is 11.8 Å². The molecule has 21 heavy (non-hydrogen) atoms. The molecule has 2 rings (SSSR count). The van der Waals surface area contributed by atoms with Gasteiger partial charge in [0.05, 0.1) is 16.6 Å². The second kappa shape index (κ2) is 6.20. The molecule has 0 aliphatic heterocycles. The number of carbonyl (C=O) groups excluding carboxylic acids is 1. The molecule has 0 aliphatic rings. The Balaban J connectivity index is 2.36. The van der Waals surface area contributed by atoms with E-state index >= 15 is 0 Å². The van der Waals surface area contributed by atoms with Gasteiger partial charge in [-0.05, 0) is 37.3 Å². The third-order valence-corrected chi connectivity index (χ3v) is 3.83. The van der Waals surface area contributed by atoms with Crippen molar-refractivity contribution in [2.45, 2.75) is 16.7 Å². The number of rotatable bonds is 4. The first-order valence-corrected chi connectivity index (χ1v) is 6.80. The number of nitriles is 1. The van der Waals surface area contributed by atoms with Gasteiger partial charge in [0.25, 0.3) is 5.69 Å². The Morgan fingerprint density at radius 3 is 2.43 bits per heavy atom. The largest absolute Gasteiger partial charge is 0.294 e. The molecule has 0 saturated heterocycles. The van der Waals surface area contributed by atoms with E-state index in [1.807, 2.05) is 6.07 Å². The Labute approximate surface area is 125 Å². The zero-order valence-corrected chi connectivity index (χ0v) is 11.9. The minimum absolute atomic E-state index is 0.0110. The summed E-state index contributed by atoms with van der Waals surface area (Å²) in [6.07, 6.45) is 0. The second-order valence-electron chi connectivity index (χ2n) is 4.23. The number of hydrogen-bond donors (Lipinski definition) is 0. The molecule has 0 saturated carbocycles. The number of nitro groups is 1. The molecule has 2 aromatic carbocycles.